The molecule has 0 fully saturated rings. The zero-order valence-corrected chi connectivity index (χ0v) is 12.1. The molecular formula is C13H29OP. The Labute approximate surface area is 96.4 Å². The second-order valence-corrected chi connectivity index (χ2v) is 9.06. The first-order chi connectivity index (χ1) is 6.99. The minimum absolute atomic E-state index is 0.370. The lowest BCUT2D eigenvalue weighted by Gasteiger charge is -2.27. The van der Waals surface area contributed by atoms with Crippen LogP contribution in [0, 0.1) is 0 Å². The molecule has 0 aliphatic rings. The Morgan fingerprint density at radius 1 is 1.00 bits per heavy atom. The molecular weight excluding hydrogens is 203 g/mol. The van der Waals surface area contributed by atoms with E-state index in [1.165, 1.54) is 19.3 Å². The molecule has 0 amide bonds. The summed E-state index contributed by atoms with van der Waals surface area (Å²) in [6.45, 7) is 10.8. The predicted molar refractivity (Wildman–Crippen MR) is 71.5 cm³/mol. The third-order valence-electron chi connectivity index (χ3n) is 3.57. The minimum Gasteiger partial charge on any atom is -0.323 e. The van der Waals surface area contributed by atoms with Gasteiger partial charge in [-0.05, 0) is 12.8 Å². The van der Waals surface area contributed by atoms with Gasteiger partial charge in [-0.2, -0.15) is 0 Å². The van der Waals surface area contributed by atoms with E-state index in [2.05, 4.69) is 34.6 Å². The monoisotopic (exact) mass is 232 g/mol. The van der Waals surface area contributed by atoms with E-state index in [9.17, 15) is 4.57 Å². The fourth-order valence-electron chi connectivity index (χ4n) is 2.08. The lowest BCUT2D eigenvalue weighted by molar-refractivity contribution is 0.552. The SMILES string of the molecule is CCCCCCP(=O)(C(C)C)C(C)CC. The van der Waals surface area contributed by atoms with Crippen molar-refractivity contribution in [1.29, 1.82) is 0 Å². The van der Waals surface area contributed by atoms with E-state index in [-0.39, 0.29) is 0 Å². The van der Waals surface area contributed by atoms with Crippen LogP contribution < -0.4 is 0 Å². The quantitative estimate of drug-likeness (QED) is 0.418. The number of unbranched alkanes of at least 4 members (excludes halogenated alkanes) is 3. The molecule has 0 bridgehead atoms. The Kier molecular flexibility index (Phi) is 7.61. The third-order valence-corrected chi connectivity index (χ3v) is 8.19. The smallest absolute Gasteiger partial charge is 0.0927 e. The summed E-state index contributed by atoms with van der Waals surface area (Å²) in [6.07, 6.45) is 6.99. The average molecular weight is 232 g/mol. The van der Waals surface area contributed by atoms with Gasteiger partial charge in [-0.1, -0.05) is 53.9 Å². The van der Waals surface area contributed by atoms with Crippen molar-refractivity contribution in [3.8, 4) is 0 Å². The molecule has 0 aromatic carbocycles. The van der Waals surface area contributed by atoms with Gasteiger partial charge in [0.2, 0.25) is 0 Å². The van der Waals surface area contributed by atoms with Gasteiger partial charge in [-0.25, -0.2) is 0 Å². The summed E-state index contributed by atoms with van der Waals surface area (Å²) in [5.74, 6) is 0. The maximum absolute atomic E-state index is 12.8. The molecule has 0 aromatic rings. The van der Waals surface area contributed by atoms with Crippen LogP contribution in [0.15, 0.2) is 0 Å². The van der Waals surface area contributed by atoms with Crippen LogP contribution in [0.2, 0.25) is 0 Å². The van der Waals surface area contributed by atoms with Crippen molar-refractivity contribution in [2.24, 2.45) is 0 Å². The topological polar surface area (TPSA) is 17.1 Å². The zero-order chi connectivity index (χ0) is 11.9. The molecule has 15 heavy (non-hydrogen) atoms. The Morgan fingerprint density at radius 3 is 2.00 bits per heavy atom. The Balaban J connectivity index is 4.21. The number of hydrogen-bond donors (Lipinski definition) is 0. The molecule has 0 N–H and O–H groups in total. The Bertz CT molecular complexity index is 199. The Hall–Kier alpha value is 0.230. The van der Waals surface area contributed by atoms with E-state index < -0.39 is 7.14 Å². The number of rotatable bonds is 8. The van der Waals surface area contributed by atoms with Crippen LogP contribution in [0.4, 0.5) is 0 Å². The molecule has 1 nitrogen and oxygen atoms in total. The normalized spacial score (nSPS) is 17.7. The summed E-state index contributed by atoms with van der Waals surface area (Å²) >= 11 is 0. The van der Waals surface area contributed by atoms with Crippen LogP contribution in [-0.4, -0.2) is 17.5 Å². The molecule has 0 heterocycles. The highest BCUT2D eigenvalue weighted by Crippen LogP contribution is 2.56. The molecule has 0 saturated carbocycles. The van der Waals surface area contributed by atoms with Crippen LogP contribution in [0.25, 0.3) is 0 Å². The van der Waals surface area contributed by atoms with Crippen molar-refractivity contribution in [3.63, 3.8) is 0 Å². The lowest BCUT2D eigenvalue weighted by atomic mass is 10.2. The van der Waals surface area contributed by atoms with Crippen LogP contribution in [0.5, 0.6) is 0 Å². The van der Waals surface area contributed by atoms with Gasteiger partial charge in [-0.15, -0.1) is 0 Å². The molecule has 0 radical (unpaired) electrons. The van der Waals surface area contributed by atoms with Crippen molar-refractivity contribution in [2.75, 3.05) is 6.16 Å². The van der Waals surface area contributed by atoms with E-state index >= 15 is 0 Å². The fraction of sp³-hybridized carbons (Fsp3) is 1.00. The van der Waals surface area contributed by atoms with E-state index in [1.807, 2.05) is 0 Å². The van der Waals surface area contributed by atoms with Gasteiger partial charge in [0, 0.05) is 17.5 Å². The highest BCUT2D eigenvalue weighted by atomic mass is 31.2. The standard InChI is InChI=1S/C13H29OP/c1-6-8-9-10-11-15(14,12(3)4)13(5)7-2/h12-13H,6-11H2,1-5H3. The molecule has 0 aliphatic carbocycles. The number of hydrogen-bond acceptors (Lipinski definition) is 1. The largest absolute Gasteiger partial charge is 0.323 e. The van der Waals surface area contributed by atoms with Gasteiger partial charge in [0.1, 0.15) is 0 Å². The highest BCUT2D eigenvalue weighted by Gasteiger charge is 2.30. The zero-order valence-electron chi connectivity index (χ0n) is 11.3. The van der Waals surface area contributed by atoms with Crippen molar-refractivity contribution < 1.29 is 4.57 Å². The second kappa shape index (κ2) is 7.49. The van der Waals surface area contributed by atoms with Crippen molar-refractivity contribution in [2.45, 2.75) is 78.0 Å². The minimum atomic E-state index is -1.92. The second-order valence-electron chi connectivity index (χ2n) is 4.99. The maximum Gasteiger partial charge on any atom is 0.0927 e. The van der Waals surface area contributed by atoms with Gasteiger partial charge in [0.25, 0.3) is 0 Å². The van der Waals surface area contributed by atoms with Gasteiger partial charge in [0.15, 0.2) is 0 Å². The van der Waals surface area contributed by atoms with E-state index in [1.54, 1.807) is 0 Å². The van der Waals surface area contributed by atoms with Crippen molar-refractivity contribution in [1.82, 2.24) is 0 Å². The molecule has 2 unspecified atom stereocenters. The highest BCUT2D eigenvalue weighted by molar-refractivity contribution is 7.65. The average Bonchev–Trinajstić information content (AvgIpc) is 2.22. The molecule has 2 atom stereocenters. The third kappa shape index (κ3) is 4.72. The summed E-state index contributed by atoms with van der Waals surface area (Å²) in [5, 5.41) is 0. The molecule has 92 valence electrons. The molecule has 0 rings (SSSR count). The summed E-state index contributed by atoms with van der Waals surface area (Å²) in [4.78, 5) is 0. The first-order valence-corrected chi connectivity index (χ1v) is 8.60. The lowest BCUT2D eigenvalue weighted by Crippen LogP contribution is -2.13. The van der Waals surface area contributed by atoms with Crippen molar-refractivity contribution in [3.05, 3.63) is 0 Å². The molecule has 0 saturated heterocycles. The van der Waals surface area contributed by atoms with Crippen LogP contribution in [0.1, 0.15) is 66.7 Å². The summed E-state index contributed by atoms with van der Waals surface area (Å²) in [7, 11) is -1.92. The maximum atomic E-state index is 12.8. The first-order valence-electron chi connectivity index (χ1n) is 6.57. The molecule has 0 aromatic heterocycles. The van der Waals surface area contributed by atoms with Crippen LogP contribution in [-0.2, 0) is 4.57 Å². The van der Waals surface area contributed by atoms with E-state index in [0.29, 0.717) is 11.3 Å². The van der Waals surface area contributed by atoms with E-state index in [4.69, 9.17) is 0 Å². The summed E-state index contributed by atoms with van der Waals surface area (Å²) in [5.41, 5.74) is 0.785. The molecule has 0 spiro atoms. The Morgan fingerprint density at radius 2 is 1.60 bits per heavy atom. The van der Waals surface area contributed by atoms with Gasteiger partial charge in [0.05, 0.1) is 7.14 Å². The van der Waals surface area contributed by atoms with Gasteiger partial charge >= 0.3 is 0 Å². The fourth-order valence-corrected chi connectivity index (χ4v) is 5.39. The molecule has 0 aliphatic heterocycles. The first kappa shape index (κ1) is 15.2. The van der Waals surface area contributed by atoms with Crippen molar-refractivity contribution >= 4 is 7.14 Å². The van der Waals surface area contributed by atoms with Gasteiger partial charge < -0.3 is 4.57 Å². The molecule has 2 heteroatoms. The summed E-state index contributed by atoms with van der Waals surface area (Å²) in [6, 6.07) is 0. The van der Waals surface area contributed by atoms with E-state index in [0.717, 1.165) is 19.0 Å². The van der Waals surface area contributed by atoms with Crippen LogP contribution in [0.3, 0.4) is 0 Å². The summed E-state index contributed by atoms with van der Waals surface area (Å²) < 4.78 is 12.8. The van der Waals surface area contributed by atoms with Crippen LogP contribution >= 0.6 is 7.14 Å². The predicted octanol–water partition coefficient (Wildman–Crippen LogP) is 5.14. The van der Waals surface area contributed by atoms with Gasteiger partial charge in [-0.3, -0.25) is 0 Å².